The molecule has 0 aliphatic carbocycles. The summed E-state index contributed by atoms with van der Waals surface area (Å²) in [6.07, 6.45) is 0. The van der Waals surface area contributed by atoms with Crippen molar-refractivity contribution >= 4 is 11.7 Å². The Balaban J connectivity index is 2.94. The van der Waals surface area contributed by atoms with Crippen LogP contribution in [0, 0.1) is 29.0 Å². The summed E-state index contributed by atoms with van der Waals surface area (Å²) in [7, 11) is 1.27. The van der Waals surface area contributed by atoms with Crippen LogP contribution in [-0.4, -0.2) is 25.3 Å². The molecule has 1 N–H and O–H groups in total. The van der Waals surface area contributed by atoms with Gasteiger partial charge in [0.15, 0.2) is 23.3 Å². The van der Waals surface area contributed by atoms with Gasteiger partial charge >= 0.3 is 0 Å². The third kappa shape index (κ3) is 4.28. The highest BCUT2D eigenvalue weighted by Crippen LogP contribution is 2.20. The van der Waals surface area contributed by atoms with Crippen molar-refractivity contribution in [2.45, 2.75) is 13.8 Å². The second-order valence-electron chi connectivity index (χ2n) is 4.91. The summed E-state index contributed by atoms with van der Waals surface area (Å²) in [6, 6.07) is 5.14. The zero-order valence-electron chi connectivity index (χ0n) is 12.1. The van der Waals surface area contributed by atoms with Crippen LogP contribution in [0.15, 0.2) is 18.2 Å². The van der Waals surface area contributed by atoms with Crippen LogP contribution in [0.3, 0.4) is 0 Å². The smallest absolute Gasteiger partial charge is 0.245 e. The predicted molar refractivity (Wildman–Crippen MR) is 74.2 cm³/mol. The predicted octanol–water partition coefficient (Wildman–Crippen LogP) is 1.93. The largest absolute Gasteiger partial charge is 0.494 e. The molecule has 0 saturated carbocycles. The Morgan fingerprint density at radius 2 is 2.10 bits per heavy atom. The van der Waals surface area contributed by atoms with Crippen LogP contribution < -0.4 is 10.1 Å². The van der Waals surface area contributed by atoms with Gasteiger partial charge in [0.25, 0.3) is 0 Å². The minimum Gasteiger partial charge on any atom is -0.494 e. The van der Waals surface area contributed by atoms with Gasteiger partial charge in [0, 0.05) is 12.1 Å². The first kappa shape index (κ1) is 16.6. The Morgan fingerprint density at radius 1 is 1.43 bits per heavy atom. The van der Waals surface area contributed by atoms with Crippen molar-refractivity contribution in [3.05, 3.63) is 29.6 Å². The van der Waals surface area contributed by atoms with E-state index in [9.17, 15) is 14.0 Å². The third-order valence-electron chi connectivity index (χ3n) is 2.77. The van der Waals surface area contributed by atoms with Gasteiger partial charge in [-0.05, 0) is 24.1 Å². The monoisotopic (exact) mass is 292 g/mol. The lowest BCUT2D eigenvalue weighted by molar-refractivity contribution is -0.122. The maximum absolute atomic E-state index is 13.3. The lowest BCUT2D eigenvalue weighted by atomic mass is 9.97. The van der Waals surface area contributed by atoms with Crippen LogP contribution in [0.5, 0.6) is 5.75 Å². The number of hydrogen-bond acceptors (Lipinski definition) is 4. The van der Waals surface area contributed by atoms with E-state index in [4.69, 9.17) is 10.00 Å². The number of nitriles is 1. The van der Waals surface area contributed by atoms with Gasteiger partial charge < -0.3 is 10.1 Å². The Kier molecular flexibility index (Phi) is 5.85. The highest BCUT2D eigenvalue weighted by Gasteiger charge is 2.28. The number of methoxy groups -OCH3 is 1. The van der Waals surface area contributed by atoms with Crippen LogP contribution in [0.2, 0.25) is 0 Å². The molecule has 21 heavy (non-hydrogen) atoms. The lowest BCUT2D eigenvalue weighted by Crippen LogP contribution is -2.36. The number of halogens is 1. The zero-order chi connectivity index (χ0) is 16.0. The van der Waals surface area contributed by atoms with E-state index in [1.807, 2.05) is 13.8 Å². The van der Waals surface area contributed by atoms with Crippen LogP contribution in [0.4, 0.5) is 4.39 Å². The highest BCUT2D eigenvalue weighted by molar-refractivity contribution is 6.12. The van der Waals surface area contributed by atoms with Crippen molar-refractivity contribution < 1.29 is 18.7 Å². The quantitative estimate of drug-likeness (QED) is 0.642. The van der Waals surface area contributed by atoms with E-state index < -0.39 is 23.4 Å². The van der Waals surface area contributed by atoms with Crippen LogP contribution in [0.25, 0.3) is 0 Å². The summed E-state index contributed by atoms with van der Waals surface area (Å²) < 4.78 is 18.1. The molecule has 6 heteroatoms. The normalized spacial score (nSPS) is 11.6. The molecule has 0 aliphatic rings. The van der Waals surface area contributed by atoms with E-state index in [-0.39, 0.29) is 17.2 Å². The molecule has 1 aromatic rings. The van der Waals surface area contributed by atoms with Gasteiger partial charge in [-0.2, -0.15) is 5.26 Å². The van der Waals surface area contributed by atoms with Gasteiger partial charge in [-0.25, -0.2) is 4.39 Å². The Bertz CT molecular complexity index is 579. The van der Waals surface area contributed by atoms with Gasteiger partial charge in [0.2, 0.25) is 5.91 Å². The maximum atomic E-state index is 13.3. The molecule has 0 heterocycles. The van der Waals surface area contributed by atoms with Crippen LogP contribution in [0.1, 0.15) is 24.2 Å². The minimum absolute atomic E-state index is 0.0551. The summed E-state index contributed by atoms with van der Waals surface area (Å²) in [5, 5.41) is 11.6. The number of nitrogens with one attached hydrogen (secondary N) is 1. The van der Waals surface area contributed by atoms with Crippen molar-refractivity contribution in [1.29, 1.82) is 5.26 Å². The summed E-state index contributed by atoms with van der Waals surface area (Å²) >= 11 is 0. The summed E-state index contributed by atoms with van der Waals surface area (Å²) in [5.74, 6) is -3.32. The second kappa shape index (κ2) is 7.39. The molecule has 1 rings (SSSR count). The van der Waals surface area contributed by atoms with E-state index in [0.29, 0.717) is 6.54 Å². The van der Waals surface area contributed by atoms with Crippen molar-refractivity contribution in [3.8, 4) is 11.8 Å². The average molecular weight is 292 g/mol. The molecule has 1 aromatic carbocycles. The molecule has 1 amide bonds. The van der Waals surface area contributed by atoms with Crippen molar-refractivity contribution in [1.82, 2.24) is 5.32 Å². The third-order valence-corrected chi connectivity index (χ3v) is 2.77. The number of carbonyl (C=O) groups is 2. The molecule has 112 valence electrons. The SMILES string of the molecule is COc1cc(C(=O)[C@H](C#N)C(=O)NCC(C)C)ccc1F. The second-order valence-corrected chi connectivity index (χ2v) is 4.91. The van der Waals surface area contributed by atoms with E-state index in [2.05, 4.69) is 5.32 Å². The van der Waals surface area contributed by atoms with Crippen molar-refractivity contribution in [2.24, 2.45) is 11.8 Å². The zero-order valence-corrected chi connectivity index (χ0v) is 12.1. The number of ketones is 1. The van der Waals surface area contributed by atoms with Gasteiger partial charge in [0.05, 0.1) is 13.2 Å². The van der Waals surface area contributed by atoms with Crippen molar-refractivity contribution in [2.75, 3.05) is 13.7 Å². The minimum atomic E-state index is -1.46. The molecule has 5 nitrogen and oxygen atoms in total. The number of rotatable bonds is 6. The first-order valence-electron chi connectivity index (χ1n) is 6.45. The number of ether oxygens (including phenoxy) is 1. The van der Waals surface area contributed by atoms with Crippen LogP contribution >= 0.6 is 0 Å². The molecular formula is C15H17FN2O3. The Morgan fingerprint density at radius 3 is 2.62 bits per heavy atom. The highest BCUT2D eigenvalue weighted by atomic mass is 19.1. The van der Waals surface area contributed by atoms with Gasteiger partial charge in [0.1, 0.15) is 0 Å². The average Bonchev–Trinajstić information content (AvgIpc) is 2.46. The topological polar surface area (TPSA) is 79.2 Å². The fraction of sp³-hybridized carbons (Fsp3) is 0.400. The number of hydrogen-bond donors (Lipinski definition) is 1. The number of amides is 1. The first-order valence-corrected chi connectivity index (χ1v) is 6.45. The fourth-order valence-corrected chi connectivity index (χ4v) is 1.62. The van der Waals surface area contributed by atoms with E-state index >= 15 is 0 Å². The Hall–Kier alpha value is -2.42. The molecule has 0 fully saturated rings. The molecule has 0 aromatic heterocycles. The summed E-state index contributed by atoms with van der Waals surface area (Å²) in [5.41, 5.74) is 0.0551. The molecule has 0 aliphatic heterocycles. The van der Waals surface area contributed by atoms with Gasteiger partial charge in [-0.1, -0.05) is 13.8 Å². The molecule has 0 radical (unpaired) electrons. The number of benzene rings is 1. The number of Topliss-reactive ketones (excluding diaryl/α,β-unsaturated/α-hetero) is 1. The number of nitrogens with zero attached hydrogens (tertiary/aromatic N) is 1. The summed E-state index contributed by atoms with van der Waals surface area (Å²) in [4.78, 5) is 24.0. The lowest BCUT2D eigenvalue weighted by Gasteiger charge is -2.12. The van der Waals surface area contributed by atoms with Crippen LogP contribution in [-0.2, 0) is 4.79 Å². The van der Waals surface area contributed by atoms with E-state index in [1.165, 1.54) is 19.2 Å². The summed E-state index contributed by atoms with van der Waals surface area (Å²) in [6.45, 7) is 4.17. The molecule has 0 unspecified atom stereocenters. The van der Waals surface area contributed by atoms with Gasteiger partial charge in [-0.3, -0.25) is 9.59 Å². The molecule has 0 saturated heterocycles. The van der Waals surface area contributed by atoms with Gasteiger partial charge in [-0.15, -0.1) is 0 Å². The molecular weight excluding hydrogens is 275 g/mol. The fourth-order valence-electron chi connectivity index (χ4n) is 1.62. The van der Waals surface area contributed by atoms with Crippen molar-refractivity contribution in [3.63, 3.8) is 0 Å². The number of carbonyl (C=O) groups excluding carboxylic acids is 2. The standard InChI is InChI=1S/C15H17FN2O3/c1-9(2)8-18-15(20)11(7-17)14(19)10-4-5-12(16)13(6-10)21-3/h4-6,9,11H,8H2,1-3H3,(H,18,20)/t11-/m0/s1. The van der Waals surface area contributed by atoms with E-state index in [0.717, 1.165) is 6.07 Å². The molecule has 0 spiro atoms. The van der Waals surface area contributed by atoms with E-state index in [1.54, 1.807) is 6.07 Å². The first-order chi connectivity index (χ1) is 9.90. The molecule has 0 bridgehead atoms. The maximum Gasteiger partial charge on any atom is 0.245 e. The Labute approximate surface area is 122 Å². The molecule has 1 atom stereocenters.